The second kappa shape index (κ2) is 7.64. The van der Waals surface area contributed by atoms with Crippen LogP contribution in [0.2, 0.25) is 0 Å². The van der Waals surface area contributed by atoms with Gasteiger partial charge >= 0.3 is 0 Å². The Bertz CT molecular complexity index is 318. The second-order valence-corrected chi connectivity index (χ2v) is 2.16. The van der Waals surface area contributed by atoms with Gasteiger partial charge in [0.25, 0.3) is 5.69 Å². The van der Waals surface area contributed by atoms with Crippen LogP contribution in [0.1, 0.15) is 6.92 Å². The zero-order valence-electron chi connectivity index (χ0n) is 7.71. The van der Waals surface area contributed by atoms with Crippen LogP contribution in [0.3, 0.4) is 0 Å². The number of hydrogen-bond acceptors (Lipinski definition) is 4. The van der Waals surface area contributed by atoms with Crippen molar-refractivity contribution in [3.63, 3.8) is 0 Å². The standard InChI is InChI=1S/C6H5NO2.C3H5NO/c8-7(9)6-4-2-1-3-5-6;1-2-4-3-5/h1-5H;2H2,1H3. The first kappa shape index (κ1) is 12.0. The Morgan fingerprint density at radius 3 is 2.21 bits per heavy atom. The third-order valence-corrected chi connectivity index (χ3v) is 1.19. The van der Waals surface area contributed by atoms with Crippen LogP contribution < -0.4 is 0 Å². The Kier molecular flexibility index (Phi) is 6.55. The van der Waals surface area contributed by atoms with Crippen molar-refractivity contribution >= 4 is 11.8 Å². The van der Waals surface area contributed by atoms with Crippen LogP contribution in [0.15, 0.2) is 35.3 Å². The largest absolute Gasteiger partial charge is 0.269 e. The molecule has 0 aliphatic rings. The molecule has 5 heteroatoms. The molecule has 74 valence electrons. The van der Waals surface area contributed by atoms with Crippen molar-refractivity contribution in [3.05, 3.63) is 40.4 Å². The molecule has 14 heavy (non-hydrogen) atoms. The molecule has 0 bridgehead atoms. The summed E-state index contributed by atoms with van der Waals surface area (Å²) >= 11 is 0. The molecule has 0 fully saturated rings. The van der Waals surface area contributed by atoms with Crippen molar-refractivity contribution in [2.75, 3.05) is 6.54 Å². The number of rotatable bonds is 2. The van der Waals surface area contributed by atoms with Crippen molar-refractivity contribution in [2.24, 2.45) is 4.99 Å². The van der Waals surface area contributed by atoms with E-state index >= 15 is 0 Å². The average Bonchev–Trinajstić information content (AvgIpc) is 2.21. The lowest BCUT2D eigenvalue weighted by Gasteiger charge is -1.85. The molecular weight excluding hydrogens is 184 g/mol. The smallest absolute Gasteiger partial charge is 0.258 e. The van der Waals surface area contributed by atoms with Gasteiger partial charge in [0.2, 0.25) is 6.08 Å². The number of nitro groups is 1. The summed E-state index contributed by atoms with van der Waals surface area (Å²) in [6, 6.07) is 7.93. The fraction of sp³-hybridized carbons (Fsp3) is 0.222. The summed E-state index contributed by atoms with van der Waals surface area (Å²) in [6.07, 6.45) is 1.39. The highest BCUT2D eigenvalue weighted by Gasteiger charge is 1.98. The van der Waals surface area contributed by atoms with Crippen molar-refractivity contribution in [1.29, 1.82) is 0 Å². The number of carbonyl (C=O) groups excluding carboxylic acids is 1. The van der Waals surface area contributed by atoms with Crippen LogP contribution in [0.25, 0.3) is 0 Å². The lowest BCUT2D eigenvalue weighted by molar-refractivity contribution is -0.384. The summed E-state index contributed by atoms with van der Waals surface area (Å²) in [5.41, 5.74) is 0.137. The maximum Gasteiger partial charge on any atom is 0.269 e. The third-order valence-electron chi connectivity index (χ3n) is 1.19. The molecular formula is C9H10N2O3. The van der Waals surface area contributed by atoms with Gasteiger partial charge in [-0.15, -0.1) is 0 Å². The molecule has 0 aliphatic carbocycles. The maximum absolute atomic E-state index is 10.0. The van der Waals surface area contributed by atoms with Crippen LogP contribution in [-0.4, -0.2) is 17.5 Å². The van der Waals surface area contributed by atoms with Gasteiger partial charge in [-0.1, -0.05) is 18.2 Å². The minimum Gasteiger partial charge on any atom is -0.258 e. The Labute approximate surface area is 81.2 Å². The molecule has 5 nitrogen and oxygen atoms in total. The summed E-state index contributed by atoms with van der Waals surface area (Å²) in [6.45, 7) is 2.33. The SMILES string of the molecule is CCN=C=O.O=[N+]([O-])c1ccccc1. The van der Waals surface area contributed by atoms with Gasteiger partial charge in [0.05, 0.1) is 4.92 Å². The highest BCUT2D eigenvalue weighted by atomic mass is 16.6. The van der Waals surface area contributed by atoms with E-state index in [0.29, 0.717) is 6.54 Å². The molecule has 1 aromatic rings. The highest BCUT2D eigenvalue weighted by molar-refractivity contribution is 5.32. The number of benzene rings is 1. The number of aliphatic imine (C=N–C) groups is 1. The van der Waals surface area contributed by atoms with Gasteiger partial charge < -0.3 is 0 Å². The normalized spacial score (nSPS) is 7.79. The molecule has 1 aromatic carbocycles. The van der Waals surface area contributed by atoms with Gasteiger partial charge in [-0.3, -0.25) is 10.1 Å². The van der Waals surface area contributed by atoms with Crippen LogP contribution in [-0.2, 0) is 4.79 Å². The Morgan fingerprint density at radius 1 is 1.43 bits per heavy atom. The Hall–Kier alpha value is -2.00. The second-order valence-electron chi connectivity index (χ2n) is 2.16. The van der Waals surface area contributed by atoms with Crippen LogP contribution in [0.5, 0.6) is 0 Å². The van der Waals surface area contributed by atoms with Crippen molar-refractivity contribution in [2.45, 2.75) is 6.92 Å². The van der Waals surface area contributed by atoms with E-state index < -0.39 is 4.92 Å². The minimum absolute atomic E-state index is 0.137. The van der Waals surface area contributed by atoms with Crippen LogP contribution >= 0.6 is 0 Å². The fourth-order valence-electron chi connectivity index (χ4n) is 0.614. The molecule has 0 atom stereocenters. The quantitative estimate of drug-likeness (QED) is 0.312. The molecule has 0 unspecified atom stereocenters. The van der Waals surface area contributed by atoms with Gasteiger partial charge in [0, 0.05) is 18.7 Å². The van der Waals surface area contributed by atoms with Crippen LogP contribution in [0, 0.1) is 10.1 Å². The predicted octanol–water partition coefficient (Wildman–Crippen LogP) is 1.94. The summed E-state index contributed by atoms with van der Waals surface area (Å²) in [5, 5.41) is 10.0. The number of isocyanates is 1. The topological polar surface area (TPSA) is 72.6 Å². The first-order valence-electron chi connectivity index (χ1n) is 3.95. The molecule has 0 aromatic heterocycles. The third kappa shape index (κ3) is 5.62. The Balaban J connectivity index is 0.000000292. The van der Waals surface area contributed by atoms with E-state index in [1.54, 1.807) is 25.1 Å². The first-order valence-corrected chi connectivity index (χ1v) is 3.95. The molecule has 0 radical (unpaired) electrons. The van der Waals surface area contributed by atoms with E-state index in [0.717, 1.165) is 0 Å². The summed E-state index contributed by atoms with van der Waals surface area (Å²) in [5.74, 6) is 0. The minimum atomic E-state index is -0.417. The van der Waals surface area contributed by atoms with E-state index in [-0.39, 0.29) is 5.69 Å². The summed E-state index contributed by atoms with van der Waals surface area (Å²) in [7, 11) is 0. The molecule has 0 amide bonds. The predicted molar refractivity (Wildman–Crippen MR) is 51.8 cm³/mol. The molecule has 0 saturated heterocycles. The molecule has 0 saturated carbocycles. The summed E-state index contributed by atoms with van der Waals surface area (Å²) < 4.78 is 0. The van der Waals surface area contributed by atoms with Crippen molar-refractivity contribution in [1.82, 2.24) is 0 Å². The van der Waals surface area contributed by atoms with E-state index in [2.05, 4.69) is 4.99 Å². The maximum atomic E-state index is 10.0. The molecule has 1 rings (SSSR count). The number of hydrogen-bond donors (Lipinski definition) is 0. The van der Waals surface area contributed by atoms with Crippen molar-refractivity contribution < 1.29 is 9.72 Å². The lowest BCUT2D eigenvalue weighted by Crippen LogP contribution is -1.84. The van der Waals surface area contributed by atoms with E-state index in [9.17, 15) is 10.1 Å². The fourth-order valence-corrected chi connectivity index (χ4v) is 0.614. The monoisotopic (exact) mass is 194 g/mol. The van der Waals surface area contributed by atoms with Gasteiger partial charge in [0.15, 0.2) is 0 Å². The first-order chi connectivity index (χ1) is 6.72. The number of non-ortho nitro benzene ring substituents is 1. The highest BCUT2D eigenvalue weighted by Crippen LogP contribution is 2.06. The molecule has 0 aliphatic heterocycles. The Morgan fingerprint density at radius 2 is 2.00 bits per heavy atom. The average molecular weight is 194 g/mol. The number of para-hydroxylation sites is 1. The lowest BCUT2D eigenvalue weighted by atomic mass is 10.3. The van der Waals surface area contributed by atoms with E-state index in [1.165, 1.54) is 18.2 Å². The van der Waals surface area contributed by atoms with Gasteiger partial charge in [-0.05, 0) is 6.92 Å². The number of nitrogens with zero attached hydrogens (tertiary/aromatic N) is 2. The zero-order valence-corrected chi connectivity index (χ0v) is 7.71. The van der Waals surface area contributed by atoms with E-state index in [4.69, 9.17) is 4.79 Å². The van der Waals surface area contributed by atoms with Gasteiger partial charge in [-0.25, -0.2) is 9.79 Å². The van der Waals surface area contributed by atoms with Crippen molar-refractivity contribution in [3.8, 4) is 0 Å². The van der Waals surface area contributed by atoms with Crippen LogP contribution in [0.4, 0.5) is 5.69 Å². The van der Waals surface area contributed by atoms with Gasteiger partial charge in [-0.2, -0.15) is 0 Å². The molecule has 0 heterocycles. The molecule has 0 spiro atoms. The van der Waals surface area contributed by atoms with E-state index in [1.807, 2.05) is 0 Å². The van der Waals surface area contributed by atoms with Gasteiger partial charge in [0.1, 0.15) is 0 Å². The number of nitro benzene ring substituents is 1. The zero-order chi connectivity index (χ0) is 10.8. The summed E-state index contributed by atoms with van der Waals surface area (Å²) in [4.78, 5) is 21.9. The molecule has 0 N–H and O–H groups in total.